The van der Waals surface area contributed by atoms with E-state index in [1.807, 2.05) is 0 Å². The molecule has 1 aliphatic rings. The van der Waals surface area contributed by atoms with Crippen molar-refractivity contribution in [3.63, 3.8) is 0 Å². The van der Waals surface area contributed by atoms with E-state index in [1.165, 1.54) is 44.2 Å². The van der Waals surface area contributed by atoms with E-state index >= 15 is 0 Å². The summed E-state index contributed by atoms with van der Waals surface area (Å²) < 4.78 is 0. The van der Waals surface area contributed by atoms with Crippen LogP contribution in [0.2, 0.25) is 19.6 Å². The molecule has 0 aliphatic heterocycles. The van der Waals surface area contributed by atoms with Gasteiger partial charge in [0.2, 0.25) is 0 Å². The smallest absolute Gasteiger partial charge is 1.00 e. The van der Waals surface area contributed by atoms with Crippen LogP contribution >= 0.6 is 0 Å². The van der Waals surface area contributed by atoms with Gasteiger partial charge in [-0.25, -0.2) is 5.20 Å². The second kappa shape index (κ2) is 12.7. The van der Waals surface area contributed by atoms with Crippen LogP contribution in [0.4, 0.5) is 0 Å². The monoisotopic (exact) mass is 512 g/mol. The third-order valence-electron chi connectivity index (χ3n) is 5.11. The number of benzene rings is 2. The molecule has 0 saturated carbocycles. The van der Waals surface area contributed by atoms with Crippen molar-refractivity contribution in [1.29, 1.82) is 0 Å². The van der Waals surface area contributed by atoms with E-state index in [-0.39, 0.29) is 58.9 Å². The maximum Gasteiger partial charge on any atom is 4.00 e. The van der Waals surface area contributed by atoms with E-state index in [0.29, 0.717) is 5.92 Å². The first-order valence-corrected chi connectivity index (χ1v) is 13.1. The molecule has 160 valence electrons. The minimum atomic E-state index is -1.43. The maximum absolute atomic E-state index is 3.71. The van der Waals surface area contributed by atoms with Crippen LogP contribution in [0.25, 0.3) is 0 Å². The van der Waals surface area contributed by atoms with Crippen molar-refractivity contribution in [2.24, 2.45) is 0 Å². The standard InChI is InChI=1S/C25H31Si.3ClH.Ti/c1-17-11-18(2)14-21(13-17)25(22-15-19(3)12-20(4)16-22)23-9-8-10-24(23)26(5,6)7;;;;/h9,11-16,25H,8H2,1-7H3;3*1H;/q-1;;;;+4/p-3. The van der Waals surface area contributed by atoms with Gasteiger partial charge in [0.25, 0.3) is 0 Å². The first-order valence-electron chi connectivity index (χ1n) is 9.63. The Morgan fingerprint density at radius 1 is 0.700 bits per heavy atom. The molecule has 0 nitrogen and oxygen atoms in total. The van der Waals surface area contributed by atoms with E-state index in [0.717, 1.165) is 6.42 Å². The quantitative estimate of drug-likeness (QED) is 0.328. The second-order valence-corrected chi connectivity index (χ2v) is 13.9. The molecule has 1 aliphatic carbocycles. The van der Waals surface area contributed by atoms with Crippen molar-refractivity contribution in [3.8, 4) is 0 Å². The summed E-state index contributed by atoms with van der Waals surface area (Å²) in [4.78, 5) is 0. The third-order valence-corrected chi connectivity index (χ3v) is 7.07. The zero-order chi connectivity index (χ0) is 19.1. The molecule has 3 rings (SSSR count). The summed E-state index contributed by atoms with van der Waals surface area (Å²) in [7, 11) is -1.43. The van der Waals surface area contributed by atoms with Gasteiger partial charge >= 0.3 is 21.7 Å². The Kier molecular flexibility index (Phi) is 13.5. The normalized spacial score (nSPS) is 12.7. The average Bonchev–Trinajstić information content (AvgIpc) is 2.94. The summed E-state index contributed by atoms with van der Waals surface area (Å²) in [5.74, 6) is 0.309. The SMILES string of the molecule is Cc1cc(C)cc(C(C2=CC[C-]=C2[Si](C)(C)C)c2cc(C)cc(C)c2)c1.[Cl-].[Cl-].[Cl-].[Ti+4]. The van der Waals surface area contributed by atoms with Crippen LogP contribution in [-0.2, 0) is 21.7 Å². The molecule has 2 aromatic rings. The summed E-state index contributed by atoms with van der Waals surface area (Å²) in [6.07, 6.45) is 7.09. The van der Waals surface area contributed by atoms with Crippen LogP contribution in [0.3, 0.4) is 0 Å². The van der Waals surface area contributed by atoms with Gasteiger partial charge in [-0.1, -0.05) is 89.4 Å². The van der Waals surface area contributed by atoms with E-state index in [1.54, 1.807) is 0 Å². The maximum atomic E-state index is 3.71. The molecule has 0 saturated heterocycles. The van der Waals surface area contributed by atoms with Crippen molar-refractivity contribution in [2.75, 3.05) is 0 Å². The van der Waals surface area contributed by atoms with Gasteiger partial charge in [-0.3, -0.25) is 6.08 Å². The van der Waals surface area contributed by atoms with Gasteiger partial charge in [-0.2, -0.15) is 11.6 Å². The molecular weight excluding hydrogens is 483 g/mol. The van der Waals surface area contributed by atoms with Crippen molar-refractivity contribution >= 4 is 8.07 Å². The summed E-state index contributed by atoms with van der Waals surface area (Å²) in [5, 5.41) is 1.51. The molecule has 2 aromatic carbocycles. The number of halogens is 3. The molecule has 0 bridgehead atoms. The molecule has 0 heterocycles. The summed E-state index contributed by atoms with van der Waals surface area (Å²) in [5.41, 5.74) is 9.70. The minimum Gasteiger partial charge on any atom is -1.00 e. The molecule has 5 heteroatoms. The van der Waals surface area contributed by atoms with Gasteiger partial charge in [0.05, 0.1) is 0 Å². The summed E-state index contributed by atoms with van der Waals surface area (Å²) in [6.45, 7) is 16.1. The Balaban J connectivity index is 0. The predicted octanol–water partition coefficient (Wildman–Crippen LogP) is -2.00. The summed E-state index contributed by atoms with van der Waals surface area (Å²) in [6, 6.07) is 14.0. The Labute approximate surface area is 218 Å². The first kappa shape index (κ1) is 31.9. The topological polar surface area (TPSA) is 0 Å². The fourth-order valence-corrected chi connectivity index (χ4v) is 6.08. The van der Waals surface area contributed by atoms with E-state index in [9.17, 15) is 0 Å². The van der Waals surface area contributed by atoms with Crippen LogP contribution in [0.5, 0.6) is 0 Å². The Hall–Kier alpha value is -0.279. The van der Waals surface area contributed by atoms with Crippen LogP contribution in [-0.4, -0.2) is 8.07 Å². The molecule has 0 N–H and O–H groups in total. The number of allylic oxidation sites excluding steroid dienone is 4. The van der Waals surface area contributed by atoms with Crippen molar-refractivity contribution in [1.82, 2.24) is 0 Å². The third kappa shape index (κ3) is 7.40. The van der Waals surface area contributed by atoms with Gasteiger partial charge in [0.1, 0.15) is 0 Å². The molecule has 0 amide bonds. The van der Waals surface area contributed by atoms with Crippen LogP contribution in [0.15, 0.2) is 53.2 Å². The Bertz CT molecular complexity index is 819. The van der Waals surface area contributed by atoms with Gasteiger partial charge in [0.15, 0.2) is 0 Å². The van der Waals surface area contributed by atoms with Crippen LogP contribution in [0.1, 0.15) is 45.7 Å². The van der Waals surface area contributed by atoms with Gasteiger partial charge in [0, 0.05) is 8.07 Å². The number of aryl methyl sites for hydroxylation is 4. The molecule has 0 fully saturated rings. The second-order valence-electron chi connectivity index (χ2n) is 8.94. The molecule has 0 atom stereocenters. The Morgan fingerprint density at radius 3 is 1.40 bits per heavy atom. The molecule has 0 spiro atoms. The molecule has 0 aromatic heterocycles. The average molecular weight is 514 g/mol. The van der Waals surface area contributed by atoms with Crippen LogP contribution < -0.4 is 37.2 Å². The van der Waals surface area contributed by atoms with Crippen molar-refractivity contribution < 1.29 is 58.9 Å². The zero-order valence-corrected chi connectivity index (χ0v) is 23.8. The van der Waals surface area contributed by atoms with E-state index < -0.39 is 8.07 Å². The fraction of sp³-hybridized carbons (Fsp3) is 0.360. The molecule has 0 unspecified atom stereocenters. The van der Waals surface area contributed by atoms with Crippen molar-refractivity contribution in [2.45, 2.75) is 59.7 Å². The number of rotatable bonds is 4. The van der Waals surface area contributed by atoms with Gasteiger partial charge < -0.3 is 37.2 Å². The fourth-order valence-electron chi connectivity index (χ4n) is 4.33. The Morgan fingerprint density at radius 2 is 1.07 bits per heavy atom. The predicted molar refractivity (Wildman–Crippen MR) is 116 cm³/mol. The van der Waals surface area contributed by atoms with Gasteiger partial charge in [-0.15, -0.1) is 6.42 Å². The molecule has 30 heavy (non-hydrogen) atoms. The largest absolute Gasteiger partial charge is 4.00 e. The van der Waals surface area contributed by atoms with Crippen LogP contribution in [0, 0.1) is 33.8 Å². The number of hydrogen-bond acceptors (Lipinski definition) is 0. The van der Waals surface area contributed by atoms with Gasteiger partial charge in [-0.05, 0) is 33.6 Å². The van der Waals surface area contributed by atoms with E-state index in [2.05, 4.69) is 95.9 Å². The molecular formula is C25H31Cl3SiTi. The van der Waals surface area contributed by atoms with E-state index in [4.69, 9.17) is 0 Å². The summed E-state index contributed by atoms with van der Waals surface area (Å²) >= 11 is 0. The zero-order valence-electron chi connectivity index (χ0n) is 19.0. The first-order chi connectivity index (χ1) is 12.1. The molecule has 0 radical (unpaired) electrons. The number of hydrogen-bond donors (Lipinski definition) is 0. The minimum absolute atomic E-state index is 0. The van der Waals surface area contributed by atoms with Crippen molar-refractivity contribution in [3.05, 3.63) is 92.7 Å².